The molecule has 3 heterocycles. The fourth-order valence-corrected chi connectivity index (χ4v) is 4.83. The lowest BCUT2D eigenvalue weighted by atomic mass is 10.1. The summed E-state index contributed by atoms with van der Waals surface area (Å²) in [6.07, 6.45) is 4.40. The van der Waals surface area contributed by atoms with Crippen LogP contribution in [0.25, 0.3) is 0 Å². The maximum Gasteiger partial charge on any atom is 0.269 e. The molecular formula is C17H16N4O3S2. The number of hydrogen-bond donors (Lipinski definition) is 2. The summed E-state index contributed by atoms with van der Waals surface area (Å²) < 4.78 is 9.05. The van der Waals surface area contributed by atoms with E-state index < -0.39 is 0 Å². The normalized spacial score (nSPS) is 12.8. The zero-order valence-electron chi connectivity index (χ0n) is 14.0. The Kier molecular flexibility index (Phi) is 4.56. The minimum absolute atomic E-state index is 0.199. The Bertz CT molecular complexity index is 959. The predicted octanol–water partition coefficient (Wildman–Crippen LogP) is 3.17. The summed E-state index contributed by atoms with van der Waals surface area (Å²) in [7, 11) is 0. The van der Waals surface area contributed by atoms with Gasteiger partial charge in [-0.2, -0.15) is 0 Å². The molecule has 0 saturated heterocycles. The van der Waals surface area contributed by atoms with E-state index in [1.165, 1.54) is 16.2 Å². The number of rotatable bonds is 5. The van der Waals surface area contributed by atoms with Crippen molar-refractivity contribution in [1.29, 1.82) is 0 Å². The van der Waals surface area contributed by atoms with Crippen LogP contribution in [0.15, 0.2) is 22.8 Å². The maximum absolute atomic E-state index is 12.8. The van der Waals surface area contributed by atoms with Gasteiger partial charge in [0.25, 0.3) is 11.8 Å². The van der Waals surface area contributed by atoms with Crippen molar-refractivity contribution in [2.75, 3.05) is 5.32 Å². The molecule has 0 saturated carbocycles. The number of anilines is 1. The number of carbonyl (C=O) groups excluding carboxylic acids is 2. The topological polar surface area (TPSA) is 97.1 Å². The van der Waals surface area contributed by atoms with Crippen LogP contribution in [0.5, 0.6) is 0 Å². The number of furan rings is 1. The van der Waals surface area contributed by atoms with Gasteiger partial charge in [-0.25, -0.2) is 0 Å². The highest BCUT2D eigenvalue weighted by atomic mass is 32.1. The first-order chi connectivity index (χ1) is 12.6. The number of fused-ring (bicyclic) bond motifs is 1. The Hall–Kier alpha value is -2.52. The largest absolute Gasteiger partial charge is 0.467 e. The number of hydrogen-bond acceptors (Lipinski definition) is 7. The molecule has 9 heteroatoms. The fourth-order valence-electron chi connectivity index (χ4n) is 3.00. The summed E-state index contributed by atoms with van der Waals surface area (Å²) in [6.45, 7) is 2.05. The summed E-state index contributed by atoms with van der Waals surface area (Å²) in [5.74, 6) is 0.204. The van der Waals surface area contributed by atoms with E-state index in [9.17, 15) is 9.59 Å². The number of aryl methyl sites for hydroxylation is 2. The molecule has 0 radical (unpaired) electrons. The van der Waals surface area contributed by atoms with Crippen LogP contribution >= 0.6 is 22.9 Å². The minimum Gasteiger partial charge on any atom is -0.467 e. The molecule has 2 N–H and O–H groups in total. The number of carbonyl (C=O) groups is 2. The molecule has 0 spiro atoms. The van der Waals surface area contributed by atoms with Crippen LogP contribution in [0, 0.1) is 6.92 Å². The highest BCUT2D eigenvalue weighted by Gasteiger charge is 2.28. The van der Waals surface area contributed by atoms with Crippen molar-refractivity contribution in [2.45, 2.75) is 32.7 Å². The minimum atomic E-state index is -0.280. The van der Waals surface area contributed by atoms with Crippen molar-refractivity contribution >= 4 is 39.7 Å². The second-order valence-corrected chi connectivity index (χ2v) is 7.82. The van der Waals surface area contributed by atoms with Crippen molar-refractivity contribution in [3.63, 3.8) is 0 Å². The van der Waals surface area contributed by atoms with Gasteiger partial charge in [0.1, 0.15) is 15.6 Å². The monoisotopic (exact) mass is 388 g/mol. The van der Waals surface area contributed by atoms with Gasteiger partial charge in [-0.05, 0) is 55.4 Å². The van der Waals surface area contributed by atoms with Crippen LogP contribution in [0.2, 0.25) is 0 Å². The lowest BCUT2D eigenvalue weighted by Crippen LogP contribution is -2.24. The average molecular weight is 388 g/mol. The lowest BCUT2D eigenvalue weighted by molar-refractivity contribution is 0.0948. The molecule has 1 aliphatic rings. The van der Waals surface area contributed by atoms with Gasteiger partial charge in [0.05, 0.1) is 24.1 Å². The van der Waals surface area contributed by atoms with E-state index in [0.29, 0.717) is 33.4 Å². The summed E-state index contributed by atoms with van der Waals surface area (Å²) in [5.41, 5.74) is 2.19. The predicted molar refractivity (Wildman–Crippen MR) is 98.8 cm³/mol. The van der Waals surface area contributed by atoms with Gasteiger partial charge in [-0.3, -0.25) is 9.59 Å². The zero-order chi connectivity index (χ0) is 18.1. The summed E-state index contributed by atoms with van der Waals surface area (Å²) in [5, 5.41) is 10.2. The van der Waals surface area contributed by atoms with Gasteiger partial charge in [0, 0.05) is 4.88 Å². The van der Waals surface area contributed by atoms with Gasteiger partial charge in [0.2, 0.25) is 0 Å². The lowest BCUT2D eigenvalue weighted by Gasteiger charge is -2.08. The maximum atomic E-state index is 12.8. The van der Waals surface area contributed by atoms with Gasteiger partial charge >= 0.3 is 0 Å². The number of nitrogens with one attached hydrogen (secondary N) is 2. The van der Waals surface area contributed by atoms with E-state index >= 15 is 0 Å². The smallest absolute Gasteiger partial charge is 0.269 e. The van der Waals surface area contributed by atoms with Crippen LogP contribution in [-0.4, -0.2) is 21.4 Å². The zero-order valence-corrected chi connectivity index (χ0v) is 15.6. The Labute approximate surface area is 157 Å². The molecule has 4 rings (SSSR count). The Morgan fingerprint density at radius 1 is 1.31 bits per heavy atom. The van der Waals surface area contributed by atoms with Gasteiger partial charge in [0.15, 0.2) is 0 Å². The van der Waals surface area contributed by atoms with Crippen molar-refractivity contribution in [2.24, 2.45) is 0 Å². The van der Waals surface area contributed by atoms with Gasteiger partial charge < -0.3 is 15.1 Å². The first-order valence-corrected chi connectivity index (χ1v) is 9.78. The van der Waals surface area contributed by atoms with Crippen LogP contribution in [0.1, 0.15) is 48.3 Å². The fraction of sp³-hybridized carbons (Fsp3) is 0.294. The third-order valence-corrected chi connectivity index (χ3v) is 6.27. The van der Waals surface area contributed by atoms with E-state index in [2.05, 4.69) is 20.2 Å². The molecule has 3 aromatic heterocycles. The Morgan fingerprint density at radius 2 is 2.19 bits per heavy atom. The van der Waals surface area contributed by atoms with Crippen LogP contribution in [0.4, 0.5) is 5.00 Å². The van der Waals surface area contributed by atoms with Crippen LogP contribution in [-0.2, 0) is 19.4 Å². The third kappa shape index (κ3) is 3.15. The summed E-state index contributed by atoms with van der Waals surface area (Å²) in [4.78, 5) is 26.9. The molecule has 0 unspecified atom stereocenters. The first kappa shape index (κ1) is 16.9. The van der Waals surface area contributed by atoms with E-state index in [1.807, 2.05) is 0 Å². The molecule has 0 fully saturated rings. The van der Waals surface area contributed by atoms with Crippen molar-refractivity contribution in [3.05, 3.63) is 50.7 Å². The quantitative estimate of drug-likeness (QED) is 0.700. The van der Waals surface area contributed by atoms with E-state index in [-0.39, 0.29) is 11.8 Å². The number of aromatic nitrogens is 2. The number of amides is 2. The standard InChI is InChI=1S/C17H16N4O3S2/c1-9-14(26-21-20-9)16(23)19-17-13(11-5-2-6-12(11)25-17)15(22)18-8-10-4-3-7-24-10/h3-4,7H,2,5-6,8H2,1H3,(H,18,22)(H,19,23). The molecule has 3 aromatic rings. The molecule has 134 valence electrons. The van der Waals surface area contributed by atoms with E-state index in [4.69, 9.17) is 4.42 Å². The third-order valence-electron chi connectivity index (χ3n) is 4.24. The van der Waals surface area contributed by atoms with Gasteiger partial charge in [-0.15, -0.1) is 16.4 Å². The first-order valence-electron chi connectivity index (χ1n) is 8.19. The van der Waals surface area contributed by atoms with Crippen molar-refractivity contribution in [3.8, 4) is 0 Å². The van der Waals surface area contributed by atoms with E-state index in [0.717, 1.165) is 36.4 Å². The van der Waals surface area contributed by atoms with Crippen LogP contribution in [0.3, 0.4) is 0 Å². The van der Waals surface area contributed by atoms with Crippen LogP contribution < -0.4 is 10.6 Å². The molecule has 7 nitrogen and oxygen atoms in total. The van der Waals surface area contributed by atoms with Gasteiger partial charge in [-0.1, -0.05) is 4.49 Å². The molecule has 1 aliphatic carbocycles. The summed E-state index contributed by atoms with van der Waals surface area (Å²) >= 11 is 2.53. The second-order valence-electron chi connectivity index (χ2n) is 5.97. The summed E-state index contributed by atoms with van der Waals surface area (Å²) in [6, 6.07) is 3.58. The average Bonchev–Trinajstić information content (AvgIpc) is 3.37. The Balaban J connectivity index is 1.58. The Morgan fingerprint density at radius 3 is 2.92 bits per heavy atom. The molecule has 2 amide bonds. The molecular weight excluding hydrogens is 372 g/mol. The number of thiophene rings is 1. The van der Waals surface area contributed by atoms with Crippen molar-refractivity contribution < 1.29 is 14.0 Å². The molecule has 0 atom stereocenters. The van der Waals surface area contributed by atoms with E-state index in [1.54, 1.807) is 25.3 Å². The molecule has 26 heavy (non-hydrogen) atoms. The molecule has 0 aromatic carbocycles. The van der Waals surface area contributed by atoms with Crippen molar-refractivity contribution in [1.82, 2.24) is 14.9 Å². The second kappa shape index (κ2) is 7.00. The highest BCUT2D eigenvalue weighted by Crippen LogP contribution is 2.39. The number of nitrogens with zero attached hydrogens (tertiary/aromatic N) is 2. The molecule has 0 aliphatic heterocycles. The highest BCUT2D eigenvalue weighted by molar-refractivity contribution is 7.17. The molecule has 0 bridgehead atoms. The SMILES string of the molecule is Cc1nnsc1C(=O)Nc1sc2c(c1C(=O)NCc1ccco1)CCC2.